The van der Waals surface area contributed by atoms with Crippen molar-refractivity contribution >= 4 is 43.2 Å². The summed E-state index contributed by atoms with van der Waals surface area (Å²) in [5.41, 5.74) is 1.04. The Hall–Kier alpha value is -2.23. The van der Waals surface area contributed by atoms with Crippen molar-refractivity contribution in [3.63, 3.8) is 0 Å². The Labute approximate surface area is 194 Å². The highest BCUT2D eigenvalue weighted by molar-refractivity contribution is 9.10. The Morgan fingerprint density at radius 3 is 2.45 bits per heavy atom. The number of carbonyl (C=O) groups is 1. The lowest BCUT2D eigenvalue weighted by Crippen LogP contribution is -2.36. The van der Waals surface area contributed by atoms with E-state index in [9.17, 15) is 18.3 Å². The minimum absolute atomic E-state index is 0.0986. The number of benzene rings is 1. The first-order valence-corrected chi connectivity index (χ1v) is 12.6. The van der Waals surface area contributed by atoms with Crippen molar-refractivity contribution in [3.05, 3.63) is 64.2 Å². The first-order chi connectivity index (χ1) is 14.5. The fourth-order valence-corrected chi connectivity index (χ4v) is 6.72. The lowest BCUT2D eigenvalue weighted by atomic mass is 9.96. The lowest BCUT2D eigenvalue weighted by molar-refractivity contribution is 0.123. The fraction of sp³-hybridized carbons (Fsp3) is 0.273. The Balaban J connectivity index is 2.13. The molecule has 0 aliphatic carbocycles. The molecule has 0 aliphatic heterocycles. The van der Waals surface area contributed by atoms with Gasteiger partial charge in [-0.3, -0.25) is 4.98 Å². The maximum absolute atomic E-state index is 13.4. The molecule has 9 heteroatoms. The minimum Gasteiger partial charge on any atom is -0.465 e. The summed E-state index contributed by atoms with van der Waals surface area (Å²) in [5, 5.41) is 9.67. The molecule has 0 saturated heterocycles. The Morgan fingerprint density at radius 2 is 1.87 bits per heavy atom. The highest BCUT2D eigenvalue weighted by Gasteiger charge is 2.28. The summed E-state index contributed by atoms with van der Waals surface area (Å²) in [4.78, 5) is 17.8. The third-order valence-corrected chi connectivity index (χ3v) is 8.47. The van der Waals surface area contributed by atoms with Crippen molar-refractivity contribution in [1.82, 2.24) is 9.88 Å². The number of pyridine rings is 1. The van der Waals surface area contributed by atoms with Gasteiger partial charge < -0.3 is 10.0 Å². The number of amides is 1. The molecule has 0 bridgehead atoms. The standard InChI is InChI=1S/C22H23BrN2O4S2/c1-22(2,3)14-25(21(26)27)13-15-11-18(17-8-4-5-9-19(17)23)20(30-15)31(28,29)16-7-6-10-24-12-16/h4-12H,13-14H2,1-3H3,(H,26,27). The van der Waals surface area contributed by atoms with Crippen molar-refractivity contribution < 1.29 is 18.3 Å². The first kappa shape index (κ1) is 23.4. The highest BCUT2D eigenvalue weighted by Crippen LogP contribution is 2.41. The van der Waals surface area contributed by atoms with E-state index >= 15 is 0 Å². The zero-order chi connectivity index (χ0) is 22.8. The van der Waals surface area contributed by atoms with Crippen LogP contribution in [0.4, 0.5) is 4.79 Å². The second-order valence-corrected chi connectivity index (χ2v) is 12.4. The van der Waals surface area contributed by atoms with Crippen LogP contribution in [0, 0.1) is 5.41 Å². The van der Waals surface area contributed by atoms with Gasteiger partial charge >= 0.3 is 6.09 Å². The Bertz CT molecular complexity index is 1190. The molecule has 1 aromatic carbocycles. The molecule has 2 heterocycles. The van der Waals surface area contributed by atoms with Crippen LogP contribution in [0.3, 0.4) is 0 Å². The van der Waals surface area contributed by atoms with E-state index in [4.69, 9.17) is 0 Å². The van der Waals surface area contributed by atoms with E-state index in [1.54, 1.807) is 12.1 Å². The van der Waals surface area contributed by atoms with Crippen LogP contribution in [0.1, 0.15) is 25.6 Å². The third kappa shape index (κ3) is 5.53. The molecule has 164 valence electrons. The van der Waals surface area contributed by atoms with E-state index in [2.05, 4.69) is 20.9 Å². The molecular weight excluding hydrogens is 500 g/mol. The van der Waals surface area contributed by atoms with Crippen molar-refractivity contribution in [2.24, 2.45) is 5.41 Å². The normalized spacial score (nSPS) is 12.0. The van der Waals surface area contributed by atoms with E-state index in [0.29, 0.717) is 17.0 Å². The summed E-state index contributed by atoms with van der Waals surface area (Å²) in [5.74, 6) is 0. The minimum atomic E-state index is -3.84. The smallest absolute Gasteiger partial charge is 0.407 e. The first-order valence-electron chi connectivity index (χ1n) is 9.49. The van der Waals surface area contributed by atoms with Crippen molar-refractivity contribution in [3.8, 4) is 11.1 Å². The second-order valence-electron chi connectivity index (χ2n) is 8.29. The highest BCUT2D eigenvalue weighted by atomic mass is 79.9. The predicted molar refractivity (Wildman–Crippen MR) is 125 cm³/mol. The molecular formula is C22H23BrN2O4S2. The molecule has 3 rings (SSSR count). The van der Waals surface area contributed by atoms with Crippen molar-refractivity contribution in [2.45, 2.75) is 36.4 Å². The molecule has 0 fully saturated rings. The number of hydrogen-bond acceptors (Lipinski definition) is 5. The van der Waals surface area contributed by atoms with Crippen LogP contribution >= 0.6 is 27.3 Å². The largest absolute Gasteiger partial charge is 0.465 e. The number of halogens is 1. The summed E-state index contributed by atoms with van der Waals surface area (Å²) in [6.07, 6.45) is 1.80. The Kier molecular flexibility index (Phi) is 6.88. The monoisotopic (exact) mass is 522 g/mol. The van der Waals surface area contributed by atoms with Crippen LogP contribution in [0.15, 0.2) is 68.4 Å². The molecule has 1 amide bonds. The van der Waals surface area contributed by atoms with Crippen molar-refractivity contribution in [2.75, 3.05) is 6.54 Å². The van der Waals surface area contributed by atoms with Gasteiger partial charge in [-0.15, -0.1) is 11.3 Å². The van der Waals surface area contributed by atoms with Gasteiger partial charge in [0.2, 0.25) is 9.84 Å². The van der Waals surface area contributed by atoms with Gasteiger partial charge in [-0.25, -0.2) is 13.2 Å². The van der Waals surface area contributed by atoms with E-state index in [-0.39, 0.29) is 21.1 Å². The quantitative estimate of drug-likeness (QED) is 0.433. The topological polar surface area (TPSA) is 87.6 Å². The number of carboxylic acid groups (broad SMARTS) is 1. The third-order valence-electron chi connectivity index (χ3n) is 4.38. The number of aromatic nitrogens is 1. The number of sulfone groups is 1. The summed E-state index contributed by atoms with van der Waals surface area (Å²) < 4.78 is 27.8. The van der Waals surface area contributed by atoms with E-state index in [1.807, 2.05) is 45.0 Å². The SMILES string of the molecule is CC(C)(C)CN(Cc1cc(-c2ccccc2Br)c(S(=O)(=O)c2cccnc2)s1)C(=O)O. The van der Waals surface area contributed by atoms with E-state index < -0.39 is 15.9 Å². The molecule has 3 aromatic rings. The molecule has 31 heavy (non-hydrogen) atoms. The van der Waals surface area contributed by atoms with E-state index in [1.165, 1.54) is 23.4 Å². The van der Waals surface area contributed by atoms with Crippen LogP contribution in [0.5, 0.6) is 0 Å². The molecule has 1 N–H and O–H groups in total. The van der Waals surface area contributed by atoms with Gasteiger partial charge in [0.05, 0.1) is 11.4 Å². The van der Waals surface area contributed by atoms with Gasteiger partial charge in [0, 0.05) is 33.9 Å². The second kappa shape index (κ2) is 9.10. The van der Waals surface area contributed by atoms with Gasteiger partial charge in [0.25, 0.3) is 0 Å². The van der Waals surface area contributed by atoms with Crippen molar-refractivity contribution in [1.29, 1.82) is 0 Å². The lowest BCUT2D eigenvalue weighted by Gasteiger charge is -2.27. The zero-order valence-electron chi connectivity index (χ0n) is 17.4. The average Bonchev–Trinajstić information content (AvgIpc) is 3.12. The summed E-state index contributed by atoms with van der Waals surface area (Å²) in [7, 11) is -3.84. The van der Waals surface area contributed by atoms with E-state index in [0.717, 1.165) is 21.4 Å². The van der Waals surface area contributed by atoms with Gasteiger partial charge in [0.1, 0.15) is 4.21 Å². The van der Waals surface area contributed by atoms with Crippen LogP contribution in [-0.4, -0.2) is 36.0 Å². The molecule has 0 spiro atoms. The van der Waals surface area contributed by atoms with Gasteiger partial charge in [-0.05, 0) is 35.2 Å². The van der Waals surface area contributed by atoms with Crippen LogP contribution in [0.2, 0.25) is 0 Å². The molecule has 0 aliphatic rings. The summed E-state index contributed by atoms with van der Waals surface area (Å²) in [6, 6.07) is 12.2. The Morgan fingerprint density at radius 1 is 1.16 bits per heavy atom. The van der Waals surface area contributed by atoms with Crippen LogP contribution in [0.25, 0.3) is 11.1 Å². The summed E-state index contributed by atoms with van der Waals surface area (Å²) in [6.45, 7) is 6.32. The molecule has 0 atom stereocenters. The number of rotatable bonds is 6. The number of hydrogen-bond donors (Lipinski definition) is 1. The molecule has 0 radical (unpaired) electrons. The fourth-order valence-electron chi connectivity index (χ4n) is 3.13. The van der Waals surface area contributed by atoms with Gasteiger partial charge in [-0.1, -0.05) is 54.9 Å². The molecule has 2 aromatic heterocycles. The van der Waals surface area contributed by atoms with Gasteiger partial charge in [0.15, 0.2) is 0 Å². The average molecular weight is 523 g/mol. The molecule has 0 unspecified atom stereocenters. The summed E-state index contributed by atoms with van der Waals surface area (Å²) >= 11 is 4.60. The number of thiophene rings is 1. The van der Waals surface area contributed by atoms with Crippen LogP contribution in [-0.2, 0) is 16.4 Å². The number of nitrogens with zero attached hydrogens (tertiary/aromatic N) is 2. The zero-order valence-corrected chi connectivity index (χ0v) is 20.6. The maximum atomic E-state index is 13.4. The molecule has 0 saturated carbocycles. The molecule has 6 nitrogen and oxygen atoms in total. The van der Waals surface area contributed by atoms with Gasteiger partial charge in [-0.2, -0.15) is 0 Å². The predicted octanol–water partition coefficient (Wildman–Crippen LogP) is 5.93. The van der Waals surface area contributed by atoms with Crippen LogP contribution < -0.4 is 0 Å². The maximum Gasteiger partial charge on any atom is 0.407 e.